The van der Waals surface area contributed by atoms with E-state index >= 15 is 0 Å². The third kappa shape index (κ3) is 4.27. The van der Waals surface area contributed by atoms with Gasteiger partial charge in [-0.1, -0.05) is 12.1 Å². The predicted molar refractivity (Wildman–Crippen MR) is 123 cm³/mol. The molecule has 1 N–H and O–H groups in total. The molecule has 4 heterocycles. The van der Waals surface area contributed by atoms with Crippen LogP contribution in [-0.2, 0) is 13.1 Å². The summed E-state index contributed by atoms with van der Waals surface area (Å²) in [5, 5.41) is 16.0. The molecule has 0 radical (unpaired) electrons. The van der Waals surface area contributed by atoms with Crippen molar-refractivity contribution in [3.8, 4) is 11.4 Å². The van der Waals surface area contributed by atoms with Gasteiger partial charge < -0.3 is 5.32 Å². The molecule has 0 aliphatic heterocycles. The van der Waals surface area contributed by atoms with Crippen LogP contribution in [-0.4, -0.2) is 40.1 Å². The highest BCUT2D eigenvalue weighted by molar-refractivity contribution is 9.10. The maximum absolute atomic E-state index is 13.4. The lowest BCUT2D eigenvalue weighted by Crippen LogP contribution is -2.12. The van der Waals surface area contributed by atoms with Gasteiger partial charge in [0.1, 0.15) is 11.5 Å². The summed E-state index contributed by atoms with van der Waals surface area (Å²) < 4.78 is 19.2. The Morgan fingerprint density at radius 1 is 1.15 bits per heavy atom. The minimum Gasteiger partial charge on any atom is -0.318 e. The van der Waals surface area contributed by atoms with Gasteiger partial charge in [-0.3, -0.25) is 14.2 Å². The number of halogens is 2. The number of nitrogens with one attached hydrogen (secondary N) is 1. The fourth-order valence-electron chi connectivity index (χ4n) is 3.45. The van der Waals surface area contributed by atoms with E-state index in [0.29, 0.717) is 29.3 Å². The molecule has 0 unspecified atom stereocenters. The Morgan fingerprint density at radius 2 is 2.03 bits per heavy atom. The Balaban J connectivity index is 1.37. The lowest BCUT2D eigenvalue weighted by molar-refractivity contribution is 0.102. The molecule has 4 aromatic heterocycles. The minimum atomic E-state index is -0.394. The largest absolute Gasteiger partial charge is 0.318 e. The molecule has 1 aromatic carbocycles. The van der Waals surface area contributed by atoms with Crippen molar-refractivity contribution >= 4 is 33.2 Å². The summed E-state index contributed by atoms with van der Waals surface area (Å²) in [7, 11) is 0. The number of carbonyl (C=O) groups excluding carboxylic acids is 1. The van der Waals surface area contributed by atoms with E-state index in [0.717, 1.165) is 16.6 Å². The molecule has 1 amide bonds. The van der Waals surface area contributed by atoms with Crippen LogP contribution in [0.2, 0.25) is 0 Å². The molecule has 0 atom stereocenters. The van der Waals surface area contributed by atoms with Crippen LogP contribution in [0.1, 0.15) is 23.0 Å². The van der Waals surface area contributed by atoms with E-state index in [1.54, 1.807) is 39.8 Å². The number of nitrogens with zero attached hydrogens (tertiary/aromatic N) is 7. The quantitative estimate of drug-likeness (QED) is 0.373. The topological polar surface area (TPSA) is 94.9 Å². The van der Waals surface area contributed by atoms with E-state index in [9.17, 15) is 9.18 Å². The van der Waals surface area contributed by atoms with Crippen molar-refractivity contribution in [2.45, 2.75) is 20.0 Å². The Morgan fingerprint density at radius 3 is 2.82 bits per heavy atom. The van der Waals surface area contributed by atoms with Gasteiger partial charge >= 0.3 is 0 Å². The molecule has 0 fully saturated rings. The van der Waals surface area contributed by atoms with Gasteiger partial charge in [-0.05, 0) is 46.6 Å². The molecule has 166 valence electrons. The number of amides is 1. The lowest BCUT2D eigenvalue weighted by Gasteiger charge is -2.02. The first kappa shape index (κ1) is 21.0. The molecule has 0 bridgehead atoms. The zero-order valence-electron chi connectivity index (χ0n) is 17.5. The molecule has 11 heteroatoms. The van der Waals surface area contributed by atoms with Gasteiger partial charge in [0.05, 0.1) is 28.6 Å². The third-order valence-electron chi connectivity index (χ3n) is 5.00. The van der Waals surface area contributed by atoms with Gasteiger partial charge in [-0.25, -0.2) is 13.9 Å². The van der Waals surface area contributed by atoms with E-state index in [2.05, 4.69) is 41.5 Å². The molecular formula is C22H18BrFN8O. The maximum atomic E-state index is 13.4. The summed E-state index contributed by atoms with van der Waals surface area (Å²) in [6, 6.07) is 9.70. The monoisotopic (exact) mass is 508 g/mol. The number of aryl methyl sites for hydroxylation is 1. The fourth-order valence-corrected chi connectivity index (χ4v) is 3.97. The van der Waals surface area contributed by atoms with Gasteiger partial charge in [-0.15, -0.1) is 0 Å². The number of fused-ring (bicyclic) bond motifs is 1. The summed E-state index contributed by atoms with van der Waals surface area (Å²) in [5.41, 5.74) is 3.42. The van der Waals surface area contributed by atoms with E-state index in [1.807, 2.05) is 23.9 Å². The van der Waals surface area contributed by atoms with Gasteiger partial charge in [0.25, 0.3) is 5.91 Å². The SMILES string of the molecule is CCn1cc(Br)c(-c2ccnc3cc(C(=O)Nc4cnn(Cc5cccc(F)c5)c4)nn23)n1. The fraction of sp³-hybridized carbons (Fsp3) is 0.136. The van der Waals surface area contributed by atoms with Crippen LogP contribution in [0.3, 0.4) is 0 Å². The highest BCUT2D eigenvalue weighted by atomic mass is 79.9. The Labute approximate surface area is 196 Å². The number of hydrogen-bond acceptors (Lipinski definition) is 5. The van der Waals surface area contributed by atoms with Crippen LogP contribution in [0.5, 0.6) is 0 Å². The summed E-state index contributed by atoms with van der Waals surface area (Å²) >= 11 is 3.54. The molecule has 0 aliphatic carbocycles. The number of hydrogen-bond donors (Lipinski definition) is 1. The first-order valence-electron chi connectivity index (χ1n) is 10.2. The lowest BCUT2D eigenvalue weighted by atomic mass is 10.2. The Kier molecular flexibility index (Phi) is 5.47. The van der Waals surface area contributed by atoms with Crippen molar-refractivity contribution in [3.05, 3.63) is 82.7 Å². The maximum Gasteiger partial charge on any atom is 0.276 e. The van der Waals surface area contributed by atoms with E-state index in [1.165, 1.54) is 18.3 Å². The standard InChI is InChI=1S/C22H18BrFN8O/c1-2-30-13-17(23)21(29-30)19-6-7-25-20-9-18(28-32(19)20)22(33)27-16-10-26-31(12-16)11-14-4-3-5-15(24)8-14/h3-10,12-13H,2,11H2,1H3,(H,27,33). The van der Waals surface area contributed by atoms with Gasteiger partial charge in [0.2, 0.25) is 0 Å². The molecule has 0 spiro atoms. The Bertz CT molecular complexity index is 1470. The van der Waals surface area contributed by atoms with Crippen molar-refractivity contribution in [3.63, 3.8) is 0 Å². The van der Waals surface area contributed by atoms with Gasteiger partial charge in [-0.2, -0.15) is 15.3 Å². The van der Waals surface area contributed by atoms with Crippen molar-refractivity contribution in [2.75, 3.05) is 5.32 Å². The highest BCUT2D eigenvalue weighted by Gasteiger charge is 2.18. The molecule has 33 heavy (non-hydrogen) atoms. The zero-order valence-corrected chi connectivity index (χ0v) is 19.1. The molecule has 0 saturated heterocycles. The summed E-state index contributed by atoms with van der Waals surface area (Å²) in [5.74, 6) is -0.698. The molecule has 5 aromatic rings. The number of anilines is 1. The first-order valence-corrected chi connectivity index (χ1v) is 11.0. The second-order valence-electron chi connectivity index (χ2n) is 7.32. The van der Waals surface area contributed by atoms with Gasteiger partial charge in [0, 0.05) is 31.2 Å². The van der Waals surface area contributed by atoms with E-state index in [4.69, 9.17) is 0 Å². The summed E-state index contributed by atoms with van der Waals surface area (Å²) in [4.78, 5) is 17.1. The second-order valence-corrected chi connectivity index (χ2v) is 8.18. The van der Waals surface area contributed by atoms with Crippen molar-refractivity contribution < 1.29 is 9.18 Å². The first-order chi connectivity index (χ1) is 16.0. The van der Waals surface area contributed by atoms with Crippen molar-refractivity contribution in [1.82, 2.24) is 34.2 Å². The van der Waals surface area contributed by atoms with Crippen molar-refractivity contribution in [2.24, 2.45) is 0 Å². The van der Waals surface area contributed by atoms with Crippen LogP contribution in [0.15, 0.2) is 65.7 Å². The smallest absolute Gasteiger partial charge is 0.276 e. The zero-order chi connectivity index (χ0) is 22.9. The molecule has 9 nitrogen and oxygen atoms in total. The summed E-state index contributed by atoms with van der Waals surface area (Å²) in [6.07, 6.45) is 6.75. The van der Waals surface area contributed by atoms with Crippen LogP contribution in [0.25, 0.3) is 17.0 Å². The molecule has 0 saturated carbocycles. The highest BCUT2D eigenvalue weighted by Crippen LogP contribution is 2.27. The second kappa shape index (κ2) is 8.58. The molecular weight excluding hydrogens is 491 g/mol. The number of rotatable bonds is 6. The normalized spacial score (nSPS) is 11.2. The average Bonchev–Trinajstić information content (AvgIpc) is 3.51. The number of aromatic nitrogens is 7. The number of carbonyl (C=O) groups is 1. The van der Waals surface area contributed by atoms with Gasteiger partial charge in [0.15, 0.2) is 11.3 Å². The van der Waals surface area contributed by atoms with Crippen LogP contribution < -0.4 is 5.32 Å². The summed E-state index contributed by atoms with van der Waals surface area (Å²) in [6.45, 7) is 3.11. The van der Waals surface area contributed by atoms with Crippen LogP contribution >= 0.6 is 15.9 Å². The van der Waals surface area contributed by atoms with Crippen LogP contribution in [0.4, 0.5) is 10.1 Å². The van der Waals surface area contributed by atoms with Crippen LogP contribution in [0, 0.1) is 5.82 Å². The van der Waals surface area contributed by atoms with Crippen molar-refractivity contribution in [1.29, 1.82) is 0 Å². The molecule has 5 rings (SSSR count). The predicted octanol–water partition coefficient (Wildman–Crippen LogP) is 4.01. The van der Waals surface area contributed by atoms with E-state index < -0.39 is 5.91 Å². The number of benzene rings is 1. The Hall–Kier alpha value is -3.86. The third-order valence-corrected chi connectivity index (χ3v) is 5.58. The average molecular weight is 509 g/mol. The van der Waals surface area contributed by atoms with E-state index in [-0.39, 0.29) is 11.5 Å². The molecule has 0 aliphatic rings. The minimum absolute atomic E-state index is 0.207.